The Balaban J connectivity index is 2.31. The van der Waals surface area contributed by atoms with Crippen molar-refractivity contribution in [2.24, 2.45) is 5.84 Å². The van der Waals surface area contributed by atoms with Crippen LogP contribution in [-0.4, -0.2) is 27.7 Å². The number of thioether (sulfide) groups is 1. The van der Waals surface area contributed by atoms with Crippen LogP contribution in [0.3, 0.4) is 0 Å². The zero-order chi connectivity index (χ0) is 8.81. The van der Waals surface area contributed by atoms with Crippen molar-refractivity contribution in [2.45, 2.75) is 5.75 Å². The predicted molar refractivity (Wildman–Crippen MR) is 51.0 cm³/mol. The molecule has 0 aliphatic heterocycles. The van der Waals surface area contributed by atoms with Crippen LogP contribution >= 0.6 is 23.1 Å². The van der Waals surface area contributed by atoms with Gasteiger partial charge in [0, 0.05) is 11.5 Å². The van der Waals surface area contributed by atoms with E-state index in [4.69, 9.17) is 10.9 Å². The Morgan fingerprint density at radius 3 is 3.00 bits per heavy atom. The number of aliphatic hydroxyl groups excluding tert-OH is 1. The largest absolute Gasteiger partial charge is 0.396 e. The maximum atomic E-state index is 8.51. The normalized spacial score (nSPS) is 10.2. The number of anilines is 1. The molecule has 0 aliphatic rings. The molecule has 12 heavy (non-hydrogen) atoms. The van der Waals surface area contributed by atoms with Crippen LogP contribution in [0.5, 0.6) is 0 Å². The van der Waals surface area contributed by atoms with Gasteiger partial charge in [-0.2, -0.15) is 11.8 Å². The van der Waals surface area contributed by atoms with Gasteiger partial charge in [-0.15, -0.1) is 10.2 Å². The van der Waals surface area contributed by atoms with Crippen molar-refractivity contribution >= 4 is 28.2 Å². The molecule has 0 aromatic carbocycles. The second-order valence-corrected chi connectivity index (χ2v) is 4.09. The van der Waals surface area contributed by atoms with Gasteiger partial charge in [-0.25, -0.2) is 5.84 Å². The average molecular weight is 206 g/mol. The van der Waals surface area contributed by atoms with Crippen LogP contribution in [0, 0.1) is 0 Å². The van der Waals surface area contributed by atoms with E-state index in [2.05, 4.69) is 15.6 Å². The van der Waals surface area contributed by atoms with Gasteiger partial charge in [0.1, 0.15) is 5.01 Å². The smallest absolute Gasteiger partial charge is 0.219 e. The first kappa shape index (κ1) is 9.72. The van der Waals surface area contributed by atoms with Crippen molar-refractivity contribution in [3.05, 3.63) is 5.01 Å². The summed E-state index contributed by atoms with van der Waals surface area (Å²) in [6.45, 7) is 0.200. The second-order valence-electron chi connectivity index (χ2n) is 1.92. The minimum atomic E-state index is 0.200. The van der Waals surface area contributed by atoms with Gasteiger partial charge in [0.25, 0.3) is 0 Å². The van der Waals surface area contributed by atoms with Crippen molar-refractivity contribution in [3.63, 3.8) is 0 Å². The quantitative estimate of drug-likeness (QED) is 0.358. The fraction of sp³-hybridized carbons (Fsp3) is 0.600. The second kappa shape index (κ2) is 5.31. The summed E-state index contributed by atoms with van der Waals surface area (Å²) in [5, 5.41) is 17.7. The molecule has 0 fully saturated rings. The van der Waals surface area contributed by atoms with E-state index in [9.17, 15) is 0 Å². The van der Waals surface area contributed by atoms with Crippen LogP contribution in [0.4, 0.5) is 5.13 Å². The summed E-state index contributed by atoms with van der Waals surface area (Å²) in [7, 11) is 0. The maximum absolute atomic E-state index is 8.51. The van der Waals surface area contributed by atoms with Gasteiger partial charge in [0.15, 0.2) is 0 Å². The zero-order valence-corrected chi connectivity index (χ0v) is 7.99. The Kier molecular flexibility index (Phi) is 4.30. The van der Waals surface area contributed by atoms with Crippen LogP contribution in [-0.2, 0) is 5.75 Å². The third-order valence-electron chi connectivity index (χ3n) is 1.05. The van der Waals surface area contributed by atoms with E-state index in [1.54, 1.807) is 11.8 Å². The lowest BCUT2D eigenvalue weighted by Gasteiger charge is -1.92. The highest BCUT2D eigenvalue weighted by atomic mass is 32.2. The van der Waals surface area contributed by atoms with Gasteiger partial charge in [-0.3, -0.25) is 5.43 Å². The summed E-state index contributed by atoms with van der Waals surface area (Å²) in [5.74, 6) is 6.63. The van der Waals surface area contributed by atoms with Crippen molar-refractivity contribution in [1.29, 1.82) is 0 Å². The summed E-state index contributed by atoms with van der Waals surface area (Å²) in [6.07, 6.45) is 0. The lowest BCUT2D eigenvalue weighted by Crippen LogP contribution is -2.05. The van der Waals surface area contributed by atoms with E-state index in [0.717, 1.165) is 16.5 Å². The molecule has 7 heteroatoms. The molecule has 0 amide bonds. The summed E-state index contributed by atoms with van der Waals surface area (Å²) >= 11 is 3.04. The van der Waals surface area contributed by atoms with Gasteiger partial charge in [0.2, 0.25) is 5.13 Å². The Hall–Kier alpha value is -0.370. The Morgan fingerprint density at radius 1 is 1.58 bits per heavy atom. The minimum absolute atomic E-state index is 0.200. The monoisotopic (exact) mass is 206 g/mol. The van der Waals surface area contributed by atoms with E-state index in [1.807, 2.05) is 0 Å². The first-order valence-electron chi connectivity index (χ1n) is 3.34. The highest BCUT2D eigenvalue weighted by Crippen LogP contribution is 2.18. The highest BCUT2D eigenvalue weighted by molar-refractivity contribution is 7.98. The molecule has 4 N–H and O–H groups in total. The minimum Gasteiger partial charge on any atom is -0.396 e. The first-order valence-corrected chi connectivity index (χ1v) is 5.31. The molecule has 1 aromatic heterocycles. The number of nitrogens with zero attached hydrogens (tertiary/aromatic N) is 2. The maximum Gasteiger partial charge on any atom is 0.219 e. The van der Waals surface area contributed by atoms with Crippen molar-refractivity contribution in [3.8, 4) is 0 Å². The first-order chi connectivity index (χ1) is 5.86. The van der Waals surface area contributed by atoms with E-state index < -0.39 is 0 Å². The van der Waals surface area contributed by atoms with Gasteiger partial charge in [-0.1, -0.05) is 11.3 Å². The fourth-order valence-corrected chi connectivity index (χ4v) is 2.03. The fourth-order valence-electron chi connectivity index (χ4n) is 0.594. The number of aromatic nitrogens is 2. The molecule has 0 spiro atoms. The van der Waals surface area contributed by atoms with Crippen molar-refractivity contribution < 1.29 is 5.11 Å². The third kappa shape index (κ3) is 2.94. The van der Waals surface area contributed by atoms with Crippen LogP contribution in [0.15, 0.2) is 0 Å². The lowest BCUT2D eigenvalue weighted by atomic mass is 10.8. The highest BCUT2D eigenvalue weighted by Gasteiger charge is 2.01. The van der Waals surface area contributed by atoms with Crippen LogP contribution in [0.2, 0.25) is 0 Å². The Bertz CT molecular complexity index is 229. The summed E-state index contributed by atoms with van der Waals surface area (Å²) in [4.78, 5) is 0. The standard InChI is InChI=1S/C5H10N4OS2/c6-7-5-9-8-4(12-5)3-11-2-1-10/h10H,1-3,6H2,(H,7,9). The topological polar surface area (TPSA) is 84.1 Å². The number of rotatable bonds is 5. The number of nitrogens with two attached hydrogens (primary N) is 1. The number of aliphatic hydroxyl groups is 1. The van der Waals surface area contributed by atoms with E-state index in [-0.39, 0.29) is 6.61 Å². The molecule has 1 aromatic rings. The number of hydrogen-bond donors (Lipinski definition) is 3. The SMILES string of the molecule is NNc1nnc(CSCCO)s1. The molecular formula is C5H10N4OS2. The number of nitrogens with one attached hydrogen (secondary N) is 1. The molecular weight excluding hydrogens is 196 g/mol. The Morgan fingerprint density at radius 2 is 2.42 bits per heavy atom. The van der Waals surface area contributed by atoms with Crippen LogP contribution < -0.4 is 11.3 Å². The molecule has 68 valence electrons. The number of hydrogen-bond acceptors (Lipinski definition) is 7. The summed E-state index contributed by atoms with van der Waals surface area (Å²) < 4.78 is 0. The van der Waals surface area contributed by atoms with Gasteiger partial charge >= 0.3 is 0 Å². The average Bonchev–Trinajstić information content (AvgIpc) is 2.53. The summed E-state index contributed by atoms with van der Waals surface area (Å²) in [6, 6.07) is 0. The molecule has 0 aliphatic carbocycles. The molecule has 0 saturated heterocycles. The lowest BCUT2D eigenvalue weighted by molar-refractivity contribution is 0.322. The number of nitrogen functional groups attached to an aromatic ring is 1. The van der Waals surface area contributed by atoms with Crippen molar-refractivity contribution in [1.82, 2.24) is 10.2 Å². The zero-order valence-electron chi connectivity index (χ0n) is 6.36. The molecule has 1 heterocycles. The third-order valence-corrected chi connectivity index (χ3v) is 3.04. The van der Waals surface area contributed by atoms with Gasteiger partial charge < -0.3 is 5.11 Å². The predicted octanol–water partition coefficient (Wildman–Crippen LogP) is 0.0492. The van der Waals surface area contributed by atoms with Crippen LogP contribution in [0.1, 0.15) is 5.01 Å². The van der Waals surface area contributed by atoms with Crippen LogP contribution in [0.25, 0.3) is 0 Å². The van der Waals surface area contributed by atoms with Crippen molar-refractivity contribution in [2.75, 3.05) is 17.8 Å². The molecule has 1 rings (SSSR count). The molecule has 0 atom stereocenters. The number of hydrazine groups is 1. The molecule has 0 radical (unpaired) electrons. The van der Waals surface area contributed by atoms with E-state index in [1.165, 1.54) is 11.3 Å². The molecule has 0 unspecified atom stereocenters. The molecule has 0 saturated carbocycles. The van der Waals surface area contributed by atoms with E-state index >= 15 is 0 Å². The molecule has 0 bridgehead atoms. The molecule has 5 nitrogen and oxygen atoms in total. The van der Waals surface area contributed by atoms with Gasteiger partial charge in [0.05, 0.1) is 6.61 Å². The summed E-state index contributed by atoms with van der Waals surface area (Å²) in [5.41, 5.74) is 2.42. The van der Waals surface area contributed by atoms with E-state index in [0.29, 0.717) is 5.13 Å². The Labute approximate surface area is 78.4 Å². The van der Waals surface area contributed by atoms with Gasteiger partial charge in [-0.05, 0) is 0 Å².